The monoisotopic (exact) mass is 422 g/mol. The third-order valence-corrected chi connectivity index (χ3v) is 4.77. The van der Waals surface area contributed by atoms with E-state index in [9.17, 15) is 9.59 Å². The Balaban J connectivity index is 1.79. The summed E-state index contributed by atoms with van der Waals surface area (Å²) in [6, 6.07) is 7.23. The summed E-state index contributed by atoms with van der Waals surface area (Å²) in [6.07, 6.45) is 0. The van der Waals surface area contributed by atoms with Crippen LogP contribution in [0.15, 0.2) is 29.4 Å². The molecule has 158 valence electrons. The van der Waals surface area contributed by atoms with Gasteiger partial charge in [0.25, 0.3) is 0 Å². The van der Waals surface area contributed by atoms with Crippen molar-refractivity contribution in [3.63, 3.8) is 0 Å². The summed E-state index contributed by atoms with van der Waals surface area (Å²) in [5, 5.41) is 13.0. The Morgan fingerprint density at radius 1 is 1.24 bits per heavy atom. The standard InChI is InChI=1S/C18H26N6O4S/c1-12(2)13-4-6-14(7-5-13)28-10-15-22-23-18(24(15)19)29-11-16(25)21-17(26)20-8-9-27-3/h4-7,12H,8-11,19H2,1-3H3,(H2,20,21,25,26). The first kappa shape index (κ1) is 22.5. The van der Waals surface area contributed by atoms with Gasteiger partial charge < -0.3 is 20.6 Å². The van der Waals surface area contributed by atoms with E-state index in [1.54, 1.807) is 0 Å². The number of nitrogens with one attached hydrogen (secondary N) is 2. The third-order valence-electron chi connectivity index (χ3n) is 3.83. The van der Waals surface area contributed by atoms with Crippen LogP contribution in [0.25, 0.3) is 0 Å². The van der Waals surface area contributed by atoms with Gasteiger partial charge >= 0.3 is 6.03 Å². The Kier molecular flexibility index (Phi) is 8.74. The quantitative estimate of drug-likeness (QED) is 0.296. The predicted octanol–water partition coefficient (Wildman–Crippen LogP) is 1.26. The molecule has 1 heterocycles. The Hall–Kier alpha value is -2.79. The fourth-order valence-corrected chi connectivity index (χ4v) is 2.88. The van der Waals surface area contributed by atoms with Gasteiger partial charge in [-0.1, -0.05) is 37.7 Å². The molecular formula is C18H26N6O4S. The molecule has 0 spiro atoms. The van der Waals surface area contributed by atoms with Gasteiger partial charge in [-0.2, -0.15) is 0 Å². The molecule has 11 heteroatoms. The van der Waals surface area contributed by atoms with E-state index >= 15 is 0 Å². The molecular weight excluding hydrogens is 396 g/mol. The number of carbonyl (C=O) groups excluding carboxylic acids is 2. The second-order valence-electron chi connectivity index (χ2n) is 6.37. The Morgan fingerprint density at radius 3 is 2.62 bits per heavy atom. The Morgan fingerprint density at radius 2 is 1.97 bits per heavy atom. The van der Waals surface area contributed by atoms with Gasteiger partial charge in [0.2, 0.25) is 11.1 Å². The highest BCUT2D eigenvalue weighted by atomic mass is 32.2. The average Bonchev–Trinajstić information content (AvgIpc) is 3.05. The van der Waals surface area contributed by atoms with Crippen LogP contribution in [-0.2, 0) is 16.1 Å². The first-order valence-electron chi connectivity index (χ1n) is 9.02. The number of imide groups is 1. The number of thioether (sulfide) groups is 1. The molecule has 4 N–H and O–H groups in total. The molecule has 0 saturated carbocycles. The topological polar surface area (TPSA) is 133 Å². The highest BCUT2D eigenvalue weighted by Crippen LogP contribution is 2.20. The van der Waals surface area contributed by atoms with Crippen molar-refractivity contribution in [3.8, 4) is 5.75 Å². The van der Waals surface area contributed by atoms with Crippen LogP contribution in [0.4, 0.5) is 4.79 Å². The molecule has 0 aliphatic carbocycles. The maximum absolute atomic E-state index is 11.8. The fraction of sp³-hybridized carbons (Fsp3) is 0.444. The zero-order valence-corrected chi connectivity index (χ0v) is 17.5. The van der Waals surface area contributed by atoms with E-state index in [2.05, 4.69) is 34.7 Å². The van der Waals surface area contributed by atoms with Crippen molar-refractivity contribution in [1.82, 2.24) is 25.5 Å². The largest absolute Gasteiger partial charge is 0.486 e. The van der Waals surface area contributed by atoms with Crippen LogP contribution >= 0.6 is 11.8 Å². The zero-order valence-electron chi connectivity index (χ0n) is 16.7. The highest BCUT2D eigenvalue weighted by Gasteiger charge is 2.14. The summed E-state index contributed by atoms with van der Waals surface area (Å²) < 4.78 is 11.8. The smallest absolute Gasteiger partial charge is 0.321 e. The van der Waals surface area contributed by atoms with Gasteiger partial charge in [-0.15, -0.1) is 10.2 Å². The van der Waals surface area contributed by atoms with E-state index in [1.807, 2.05) is 24.3 Å². The predicted molar refractivity (Wildman–Crippen MR) is 109 cm³/mol. The van der Waals surface area contributed by atoms with Crippen molar-refractivity contribution in [3.05, 3.63) is 35.7 Å². The van der Waals surface area contributed by atoms with E-state index in [4.69, 9.17) is 15.3 Å². The van der Waals surface area contributed by atoms with Crippen molar-refractivity contribution in [1.29, 1.82) is 0 Å². The van der Waals surface area contributed by atoms with Gasteiger partial charge in [0, 0.05) is 13.7 Å². The van der Waals surface area contributed by atoms with E-state index in [1.165, 1.54) is 17.3 Å². The van der Waals surface area contributed by atoms with E-state index < -0.39 is 11.9 Å². The lowest BCUT2D eigenvalue weighted by Crippen LogP contribution is -2.41. The summed E-state index contributed by atoms with van der Waals surface area (Å²) in [7, 11) is 1.52. The molecule has 1 aromatic carbocycles. The number of rotatable bonds is 10. The molecule has 1 aromatic heterocycles. The van der Waals surface area contributed by atoms with Crippen molar-refractivity contribution < 1.29 is 19.1 Å². The van der Waals surface area contributed by atoms with Crippen LogP contribution < -0.4 is 21.2 Å². The first-order valence-corrected chi connectivity index (χ1v) is 10.0. The van der Waals surface area contributed by atoms with Crippen LogP contribution in [0.1, 0.15) is 31.2 Å². The van der Waals surface area contributed by atoms with Crippen molar-refractivity contribution in [2.75, 3.05) is 31.9 Å². The van der Waals surface area contributed by atoms with Crippen LogP contribution in [-0.4, -0.2) is 52.8 Å². The van der Waals surface area contributed by atoms with Crippen molar-refractivity contribution in [2.45, 2.75) is 31.5 Å². The molecule has 2 rings (SSSR count). The molecule has 0 aliphatic rings. The normalized spacial score (nSPS) is 10.8. The van der Waals surface area contributed by atoms with Gasteiger partial charge in [-0.25, -0.2) is 9.47 Å². The number of nitrogens with two attached hydrogens (primary N) is 1. The molecule has 0 radical (unpaired) electrons. The molecule has 10 nitrogen and oxygen atoms in total. The fourth-order valence-electron chi connectivity index (χ4n) is 2.20. The van der Waals surface area contributed by atoms with Crippen LogP contribution in [0.2, 0.25) is 0 Å². The summed E-state index contributed by atoms with van der Waals surface area (Å²) in [6.45, 7) is 5.06. The number of ether oxygens (including phenoxy) is 2. The second kappa shape index (κ2) is 11.3. The minimum Gasteiger partial charge on any atom is -0.486 e. The van der Waals surface area contributed by atoms with Crippen LogP contribution in [0.5, 0.6) is 5.75 Å². The highest BCUT2D eigenvalue weighted by molar-refractivity contribution is 7.99. The maximum Gasteiger partial charge on any atom is 0.321 e. The van der Waals surface area contributed by atoms with Gasteiger partial charge in [-0.3, -0.25) is 10.1 Å². The van der Waals surface area contributed by atoms with E-state index in [0.717, 1.165) is 11.8 Å². The van der Waals surface area contributed by atoms with Gasteiger partial charge in [-0.05, 0) is 23.6 Å². The minimum atomic E-state index is -0.584. The number of nitrogens with zero attached hydrogens (tertiary/aromatic N) is 3. The molecule has 0 aliphatic heterocycles. The first-order chi connectivity index (χ1) is 13.9. The molecule has 2 aromatic rings. The van der Waals surface area contributed by atoms with E-state index in [0.29, 0.717) is 35.8 Å². The zero-order chi connectivity index (χ0) is 21.2. The molecule has 0 unspecified atom stereocenters. The summed E-state index contributed by atoms with van der Waals surface area (Å²) in [5.41, 5.74) is 1.23. The number of benzene rings is 1. The molecule has 3 amide bonds. The number of hydrogen-bond acceptors (Lipinski definition) is 8. The molecule has 0 saturated heterocycles. The third kappa shape index (κ3) is 7.27. The molecule has 0 fully saturated rings. The minimum absolute atomic E-state index is 0.0372. The number of amides is 3. The molecule has 0 atom stereocenters. The maximum atomic E-state index is 11.8. The Bertz CT molecular complexity index is 809. The number of nitrogen functional groups attached to an aromatic ring is 1. The number of aromatic nitrogens is 3. The summed E-state index contributed by atoms with van der Waals surface area (Å²) in [4.78, 5) is 23.3. The lowest BCUT2D eigenvalue weighted by atomic mass is 10.0. The molecule has 29 heavy (non-hydrogen) atoms. The van der Waals surface area contributed by atoms with Gasteiger partial charge in [0.05, 0.1) is 12.4 Å². The Labute approximate surface area is 173 Å². The number of carbonyl (C=O) groups is 2. The number of urea groups is 1. The SMILES string of the molecule is COCCNC(=O)NC(=O)CSc1nnc(COc2ccc(C(C)C)cc2)n1N. The van der Waals surface area contributed by atoms with Crippen LogP contribution in [0.3, 0.4) is 0 Å². The van der Waals surface area contributed by atoms with Crippen LogP contribution in [0, 0.1) is 0 Å². The number of methoxy groups -OCH3 is 1. The lowest BCUT2D eigenvalue weighted by Gasteiger charge is -2.09. The average molecular weight is 423 g/mol. The summed E-state index contributed by atoms with van der Waals surface area (Å²) >= 11 is 1.07. The number of hydrogen-bond donors (Lipinski definition) is 3. The molecule has 0 bridgehead atoms. The van der Waals surface area contributed by atoms with Crippen molar-refractivity contribution >= 4 is 23.7 Å². The van der Waals surface area contributed by atoms with Crippen molar-refractivity contribution in [2.24, 2.45) is 0 Å². The van der Waals surface area contributed by atoms with Gasteiger partial charge in [0.1, 0.15) is 12.4 Å². The second-order valence-corrected chi connectivity index (χ2v) is 7.31. The van der Waals surface area contributed by atoms with Gasteiger partial charge in [0.15, 0.2) is 5.82 Å². The van der Waals surface area contributed by atoms with E-state index in [-0.39, 0.29) is 12.4 Å². The summed E-state index contributed by atoms with van der Waals surface area (Å²) in [5.74, 6) is 7.02. The lowest BCUT2D eigenvalue weighted by molar-refractivity contribution is -0.117.